The minimum Gasteiger partial charge on any atom is -0.314 e. The summed E-state index contributed by atoms with van der Waals surface area (Å²) in [4.78, 5) is 0. The first kappa shape index (κ1) is 11.7. The summed E-state index contributed by atoms with van der Waals surface area (Å²) in [5, 5.41) is 3.39. The van der Waals surface area contributed by atoms with E-state index in [1.54, 1.807) is 0 Å². The second-order valence-corrected chi connectivity index (χ2v) is 3.71. The molecular weight excluding hydrogens is 146 g/mol. The van der Waals surface area contributed by atoms with E-state index in [-0.39, 0.29) is 0 Å². The van der Waals surface area contributed by atoms with Gasteiger partial charge in [0, 0.05) is 6.04 Å². The summed E-state index contributed by atoms with van der Waals surface area (Å²) < 4.78 is 0. The second-order valence-electron chi connectivity index (χ2n) is 3.71. The van der Waals surface area contributed by atoms with Crippen molar-refractivity contribution in [2.45, 2.75) is 46.6 Å². The zero-order chi connectivity index (χ0) is 9.40. The zero-order valence-electron chi connectivity index (χ0n) is 8.93. The predicted molar refractivity (Wildman–Crippen MR) is 56.4 cm³/mol. The molecule has 0 aromatic carbocycles. The summed E-state index contributed by atoms with van der Waals surface area (Å²) in [5.74, 6) is 0.740. The van der Waals surface area contributed by atoms with Crippen molar-refractivity contribution in [3.8, 4) is 0 Å². The Morgan fingerprint density at radius 1 is 1.25 bits per heavy atom. The lowest BCUT2D eigenvalue weighted by molar-refractivity contribution is 0.593. The van der Waals surface area contributed by atoms with E-state index in [2.05, 4.69) is 45.2 Å². The van der Waals surface area contributed by atoms with Crippen molar-refractivity contribution in [2.24, 2.45) is 5.92 Å². The quantitative estimate of drug-likeness (QED) is 0.476. The van der Waals surface area contributed by atoms with Crippen LogP contribution in [0, 0.1) is 5.92 Å². The van der Waals surface area contributed by atoms with Crippen LogP contribution in [0.3, 0.4) is 0 Å². The van der Waals surface area contributed by atoms with Crippen LogP contribution < -0.4 is 5.32 Å². The zero-order valence-corrected chi connectivity index (χ0v) is 8.93. The van der Waals surface area contributed by atoms with Gasteiger partial charge in [0.25, 0.3) is 0 Å². The Kier molecular flexibility index (Phi) is 7.17. The standard InChI is InChI=1S/C11H23N/c1-5-11(4)8-6-7-9-12-10(2)3/h6,8,10-12H,5,7,9H2,1-4H3/b8-6+. The highest BCUT2D eigenvalue weighted by molar-refractivity contribution is 4.86. The molecule has 0 aliphatic carbocycles. The van der Waals surface area contributed by atoms with Gasteiger partial charge in [-0.3, -0.25) is 0 Å². The lowest BCUT2D eigenvalue weighted by Crippen LogP contribution is -2.23. The Morgan fingerprint density at radius 3 is 2.42 bits per heavy atom. The van der Waals surface area contributed by atoms with Gasteiger partial charge in [0.2, 0.25) is 0 Å². The van der Waals surface area contributed by atoms with E-state index in [0.29, 0.717) is 6.04 Å². The smallest absolute Gasteiger partial charge is 0.00105 e. The third kappa shape index (κ3) is 7.80. The molecule has 1 atom stereocenters. The number of allylic oxidation sites excluding steroid dienone is 1. The average molecular weight is 169 g/mol. The first-order chi connectivity index (χ1) is 5.66. The van der Waals surface area contributed by atoms with Crippen LogP contribution in [-0.2, 0) is 0 Å². The molecule has 0 aromatic rings. The molecule has 0 fully saturated rings. The van der Waals surface area contributed by atoms with Gasteiger partial charge < -0.3 is 5.32 Å². The van der Waals surface area contributed by atoms with Gasteiger partial charge in [-0.2, -0.15) is 0 Å². The molecule has 1 N–H and O–H groups in total. The van der Waals surface area contributed by atoms with Crippen LogP contribution in [0.4, 0.5) is 0 Å². The van der Waals surface area contributed by atoms with Crippen molar-refractivity contribution in [3.05, 3.63) is 12.2 Å². The number of hydrogen-bond acceptors (Lipinski definition) is 1. The fraction of sp³-hybridized carbons (Fsp3) is 0.818. The van der Waals surface area contributed by atoms with E-state index in [4.69, 9.17) is 0 Å². The summed E-state index contributed by atoms with van der Waals surface area (Å²) >= 11 is 0. The molecule has 0 saturated heterocycles. The third-order valence-corrected chi connectivity index (χ3v) is 1.97. The molecule has 1 nitrogen and oxygen atoms in total. The van der Waals surface area contributed by atoms with Gasteiger partial charge >= 0.3 is 0 Å². The molecule has 12 heavy (non-hydrogen) atoms. The highest BCUT2D eigenvalue weighted by atomic mass is 14.9. The van der Waals surface area contributed by atoms with Gasteiger partial charge in [-0.25, -0.2) is 0 Å². The van der Waals surface area contributed by atoms with Crippen LogP contribution >= 0.6 is 0 Å². The van der Waals surface area contributed by atoms with Crippen molar-refractivity contribution in [1.29, 1.82) is 0 Å². The molecule has 0 aromatic heterocycles. The molecule has 0 rings (SSSR count). The average Bonchev–Trinajstić information content (AvgIpc) is 2.03. The van der Waals surface area contributed by atoms with Crippen molar-refractivity contribution in [1.82, 2.24) is 5.32 Å². The summed E-state index contributed by atoms with van der Waals surface area (Å²) in [7, 11) is 0. The Bertz CT molecular complexity index is 116. The monoisotopic (exact) mass is 169 g/mol. The van der Waals surface area contributed by atoms with Gasteiger partial charge in [0.15, 0.2) is 0 Å². The Balaban J connectivity index is 3.24. The minimum absolute atomic E-state index is 0.613. The van der Waals surface area contributed by atoms with E-state index in [1.165, 1.54) is 6.42 Å². The first-order valence-electron chi connectivity index (χ1n) is 5.06. The van der Waals surface area contributed by atoms with E-state index < -0.39 is 0 Å². The van der Waals surface area contributed by atoms with Crippen molar-refractivity contribution >= 4 is 0 Å². The van der Waals surface area contributed by atoms with E-state index in [1.807, 2.05) is 0 Å². The van der Waals surface area contributed by atoms with Gasteiger partial charge in [0.05, 0.1) is 0 Å². The Hall–Kier alpha value is -0.300. The van der Waals surface area contributed by atoms with E-state index in [0.717, 1.165) is 18.9 Å². The normalized spacial score (nSPS) is 14.4. The van der Waals surface area contributed by atoms with Crippen molar-refractivity contribution in [3.63, 3.8) is 0 Å². The molecule has 0 aliphatic heterocycles. The molecule has 72 valence electrons. The van der Waals surface area contributed by atoms with Crippen LogP contribution in [0.15, 0.2) is 12.2 Å². The number of rotatable bonds is 6. The van der Waals surface area contributed by atoms with Crippen molar-refractivity contribution < 1.29 is 0 Å². The summed E-state index contributed by atoms with van der Waals surface area (Å²) in [6, 6.07) is 0.613. The SMILES string of the molecule is CCC(C)/C=C/CCNC(C)C. The van der Waals surface area contributed by atoms with Crippen LogP contribution in [0.5, 0.6) is 0 Å². The van der Waals surface area contributed by atoms with E-state index >= 15 is 0 Å². The molecule has 0 saturated carbocycles. The lowest BCUT2D eigenvalue weighted by Gasteiger charge is -2.05. The second kappa shape index (κ2) is 7.35. The van der Waals surface area contributed by atoms with Crippen LogP contribution in [0.1, 0.15) is 40.5 Å². The molecule has 0 heterocycles. The third-order valence-electron chi connectivity index (χ3n) is 1.97. The molecule has 0 bridgehead atoms. The number of hydrogen-bond donors (Lipinski definition) is 1. The minimum atomic E-state index is 0.613. The Labute approximate surface area is 77.2 Å². The molecule has 1 unspecified atom stereocenters. The summed E-state index contributed by atoms with van der Waals surface area (Å²) in [6.45, 7) is 9.94. The van der Waals surface area contributed by atoms with Gasteiger partial charge in [-0.05, 0) is 18.9 Å². The van der Waals surface area contributed by atoms with E-state index in [9.17, 15) is 0 Å². The molecule has 0 spiro atoms. The first-order valence-corrected chi connectivity index (χ1v) is 5.06. The highest BCUT2D eigenvalue weighted by Gasteiger charge is 1.91. The topological polar surface area (TPSA) is 12.0 Å². The molecule has 0 radical (unpaired) electrons. The Morgan fingerprint density at radius 2 is 1.92 bits per heavy atom. The fourth-order valence-electron chi connectivity index (χ4n) is 0.920. The molecule has 0 amide bonds. The number of nitrogens with one attached hydrogen (secondary N) is 1. The maximum Gasteiger partial charge on any atom is 0.00105 e. The van der Waals surface area contributed by atoms with Gasteiger partial charge in [-0.1, -0.05) is 46.3 Å². The van der Waals surface area contributed by atoms with Gasteiger partial charge in [0.1, 0.15) is 0 Å². The maximum absolute atomic E-state index is 3.39. The molecule has 1 heteroatoms. The molecular formula is C11H23N. The fourth-order valence-corrected chi connectivity index (χ4v) is 0.920. The summed E-state index contributed by atoms with van der Waals surface area (Å²) in [6.07, 6.45) is 6.99. The van der Waals surface area contributed by atoms with Crippen LogP contribution in [-0.4, -0.2) is 12.6 Å². The maximum atomic E-state index is 3.39. The lowest BCUT2D eigenvalue weighted by atomic mass is 10.1. The summed E-state index contributed by atoms with van der Waals surface area (Å²) in [5.41, 5.74) is 0. The highest BCUT2D eigenvalue weighted by Crippen LogP contribution is 2.01. The molecule has 0 aliphatic rings. The predicted octanol–water partition coefficient (Wildman–Crippen LogP) is 2.98. The van der Waals surface area contributed by atoms with Gasteiger partial charge in [-0.15, -0.1) is 0 Å². The van der Waals surface area contributed by atoms with Crippen LogP contribution in [0.2, 0.25) is 0 Å². The largest absolute Gasteiger partial charge is 0.314 e. The van der Waals surface area contributed by atoms with Crippen molar-refractivity contribution in [2.75, 3.05) is 6.54 Å². The van der Waals surface area contributed by atoms with Crippen LogP contribution in [0.25, 0.3) is 0 Å².